The molecule has 0 amide bonds. The molecule has 1 N–H and O–H groups in total. The minimum absolute atomic E-state index is 0.0152. The fraction of sp³-hybridized carbons (Fsp3) is 0.111. The number of rotatable bonds is 3. The van der Waals surface area contributed by atoms with Crippen LogP contribution in [0.25, 0.3) is 0 Å². The van der Waals surface area contributed by atoms with Crippen molar-refractivity contribution in [3.05, 3.63) is 35.4 Å². The first-order valence-corrected chi connectivity index (χ1v) is 5.52. The van der Waals surface area contributed by atoms with Crippen molar-refractivity contribution < 1.29 is 14.7 Å². The number of benzene rings is 1. The van der Waals surface area contributed by atoms with Crippen molar-refractivity contribution in [3.8, 4) is 0 Å². The molecule has 0 unspecified atom stereocenters. The van der Waals surface area contributed by atoms with E-state index in [0.717, 1.165) is 0 Å². The third kappa shape index (κ3) is 2.42. The fourth-order valence-corrected chi connectivity index (χ4v) is 1.50. The van der Waals surface area contributed by atoms with Crippen LogP contribution in [0.4, 0.5) is 0 Å². The molecule has 3 nitrogen and oxygen atoms in total. The van der Waals surface area contributed by atoms with Crippen molar-refractivity contribution in [1.82, 2.24) is 0 Å². The molecule has 0 fully saturated rings. The van der Waals surface area contributed by atoms with E-state index in [4.69, 9.17) is 5.11 Å². The van der Waals surface area contributed by atoms with Gasteiger partial charge in [0, 0.05) is 5.56 Å². The molecule has 0 aliphatic rings. The molecule has 1 aromatic rings. The van der Waals surface area contributed by atoms with Gasteiger partial charge >= 0.3 is 5.97 Å². The average Bonchev–Trinajstić information content (AvgIpc) is 2.16. The molecule has 0 heterocycles. The summed E-state index contributed by atoms with van der Waals surface area (Å²) in [5, 5.41) is 8.81. The van der Waals surface area contributed by atoms with Crippen LogP contribution in [0.15, 0.2) is 24.3 Å². The molecule has 0 atom stereocenters. The first kappa shape index (κ1) is 11.4. The first-order chi connectivity index (χ1) is 6.54. The topological polar surface area (TPSA) is 54.4 Å². The predicted octanol–water partition coefficient (Wildman–Crippen LogP) is 2.68. The molecule has 14 heavy (non-hydrogen) atoms. The van der Waals surface area contributed by atoms with Gasteiger partial charge in [0.2, 0.25) is 0 Å². The van der Waals surface area contributed by atoms with E-state index in [9.17, 15) is 9.59 Å². The zero-order valence-electron chi connectivity index (χ0n) is 6.91. The summed E-state index contributed by atoms with van der Waals surface area (Å²) in [4.78, 5) is 22.3. The maximum Gasteiger partial charge on any atom is 0.336 e. The van der Waals surface area contributed by atoms with Crippen molar-refractivity contribution in [2.24, 2.45) is 0 Å². The highest BCUT2D eigenvalue weighted by Gasteiger charge is 2.19. The molecular formula is C9H6Br2O3. The van der Waals surface area contributed by atoms with Gasteiger partial charge in [0.1, 0.15) is 3.74 Å². The SMILES string of the molecule is O=C(O)c1ccccc1C(=O)C(Br)Br. The van der Waals surface area contributed by atoms with E-state index in [1.165, 1.54) is 12.1 Å². The molecular weight excluding hydrogens is 316 g/mol. The Morgan fingerprint density at radius 2 is 1.64 bits per heavy atom. The quantitative estimate of drug-likeness (QED) is 0.688. The van der Waals surface area contributed by atoms with Gasteiger partial charge in [-0.2, -0.15) is 0 Å². The first-order valence-electron chi connectivity index (χ1n) is 3.68. The predicted molar refractivity (Wildman–Crippen MR) is 59.4 cm³/mol. The average molecular weight is 322 g/mol. The number of hydrogen-bond donors (Lipinski definition) is 1. The minimum atomic E-state index is -1.10. The standard InChI is InChI=1S/C9H6Br2O3/c10-8(11)7(12)5-3-1-2-4-6(5)9(13)14/h1-4,8H,(H,13,14). The molecule has 0 aliphatic carbocycles. The molecule has 0 bridgehead atoms. The Labute approximate surface area is 97.4 Å². The number of ketones is 1. The number of halogens is 2. The van der Waals surface area contributed by atoms with Crippen molar-refractivity contribution in [2.45, 2.75) is 3.74 Å². The maximum atomic E-state index is 11.5. The number of aromatic carboxylic acids is 1. The van der Waals surface area contributed by atoms with E-state index in [1.54, 1.807) is 12.1 Å². The van der Waals surface area contributed by atoms with Gasteiger partial charge in [0.25, 0.3) is 0 Å². The van der Waals surface area contributed by atoms with Gasteiger partial charge in [-0.3, -0.25) is 4.79 Å². The van der Waals surface area contributed by atoms with Crippen molar-refractivity contribution in [2.75, 3.05) is 0 Å². The van der Waals surface area contributed by atoms with Crippen LogP contribution >= 0.6 is 31.9 Å². The van der Waals surface area contributed by atoms with E-state index >= 15 is 0 Å². The number of Topliss-reactive ketones (excluding diaryl/α,β-unsaturated/α-hetero) is 1. The number of carboxylic acid groups (broad SMARTS) is 1. The summed E-state index contributed by atoms with van der Waals surface area (Å²) in [5.41, 5.74) is 0.208. The van der Waals surface area contributed by atoms with Crippen LogP contribution < -0.4 is 0 Å². The van der Waals surface area contributed by atoms with Crippen LogP contribution in [-0.2, 0) is 0 Å². The molecule has 0 radical (unpaired) electrons. The summed E-state index contributed by atoms with van der Waals surface area (Å²) < 4.78 is -0.560. The summed E-state index contributed by atoms with van der Waals surface area (Å²) in [7, 11) is 0. The summed E-state index contributed by atoms with van der Waals surface area (Å²) in [5.74, 6) is -1.41. The van der Waals surface area contributed by atoms with Gasteiger partial charge in [-0.15, -0.1) is 0 Å². The Balaban J connectivity index is 3.20. The molecule has 0 aliphatic heterocycles. The van der Waals surface area contributed by atoms with Crippen LogP contribution in [0.2, 0.25) is 0 Å². The Morgan fingerprint density at radius 1 is 1.14 bits per heavy atom. The van der Waals surface area contributed by atoms with E-state index in [0.29, 0.717) is 0 Å². The Kier molecular flexibility index (Phi) is 3.83. The summed E-state index contributed by atoms with van der Waals surface area (Å²) >= 11 is 6.07. The lowest BCUT2D eigenvalue weighted by Gasteiger charge is -2.04. The second kappa shape index (κ2) is 4.70. The van der Waals surface area contributed by atoms with Crippen molar-refractivity contribution in [1.29, 1.82) is 0 Å². The van der Waals surface area contributed by atoms with Gasteiger partial charge in [-0.05, 0) is 6.07 Å². The lowest BCUT2D eigenvalue weighted by atomic mass is 10.0. The smallest absolute Gasteiger partial charge is 0.336 e. The van der Waals surface area contributed by atoms with Crippen LogP contribution in [-0.4, -0.2) is 20.6 Å². The number of carbonyl (C=O) groups is 2. The van der Waals surface area contributed by atoms with Gasteiger partial charge in [0.05, 0.1) is 5.56 Å². The molecule has 0 saturated carbocycles. The van der Waals surface area contributed by atoms with E-state index < -0.39 is 9.71 Å². The highest BCUT2D eigenvalue weighted by atomic mass is 79.9. The summed E-state index contributed by atoms with van der Waals surface area (Å²) in [6.45, 7) is 0. The molecule has 74 valence electrons. The number of carbonyl (C=O) groups excluding carboxylic acids is 1. The van der Waals surface area contributed by atoms with Crippen LogP contribution in [0.3, 0.4) is 0 Å². The molecule has 1 aromatic carbocycles. The molecule has 0 aromatic heterocycles. The normalized spacial score (nSPS) is 10.2. The minimum Gasteiger partial charge on any atom is -0.478 e. The van der Waals surface area contributed by atoms with Crippen LogP contribution in [0.5, 0.6) is 0 Å². The molecule has 5 heteroatoms. The second-order valence-corrected chi connectivity index (χ2v) is 5.58. The van der Waals surface area contributed by atoms with Gasteiger partial charge in [-0.1, -0.05) is 50.1 Å². The van der Waals surface area contributed by atoms with Crippen molar-refractivity contribution >= 4 is 43.6 Å². The Hall–Kier alpha value is -0.680. The third-order valence-electron chi connectivity index (χ3n) is 1.62. The lowest BCUT2D eigenvalue weighted by molar-refractivity contribution is 0.0692. The van der Waals surface area contributed by atoms with Crippen molar-refractivity contribution in [3.63, 3.8) is 0 Å². The zero-order chi connectivity index (χ0) is 10.7. The number of hydrogen-bond acceptors (Lipinski definition) is 2. The van der Waals surface area contributed by atoms with E-state index in [2.05, 4.69) is 31.9 Å². The summed E-state index contributed by atoms with van der Waals surface area (Å²) in [6.07, 6.45) is 0. The third-order valence-corrected chi connectivity index (χ3v) is 2.45. The highest BCUT2D eigenvalue weighted by Crippen LogP contribution is 2.18. The number of alkyl halides is 2. The highest BCUT2D eigenvalue weighted by molar-refractivity contribution is 9.25. The molecule has 0 saturated heterocycles. The molecule has 1 rings (SSSR count). The van der Waals surface area contributed by atoms with Gasteiger partial charge < -0.3 is 5.11 Å². The Morgan fingerprint density at radius 3 is 2.07 bits per heavy atom. The van der Waals surface area contributed by atoms with E-state index in [-0.39, 0.29) is 16.9 Å². The fourth-order valence-electron chi connectivity index (χ4n) is 1.00. The lowest BCUT2D eigenvalue weighted by Crippen LogP contribution is -2.13. The van der Waals surface area contributed by atoms with Crippen LogP contribution in [0.1, 0.15) is 20.7 Å². The Bertz CT molecular complexity index is 374. The number of carboxylic acids is 1. The summed E-state index contributed by atoms with van der Waals surface area (Å²) in [6, 6.07) is 6.10. The van der Waals surface area contributed by atoms with Gasteiger partial charge in [-0.25, -0.2) is 4.79 Å². The largest absolute Gasteiger partial charge is 0.478 e. The van der Waals surface area contributed by atoms with Crippen LogP contribution in [0, 0.1) is 0 Å². The monoisotopic (exact) mass is 320 g/mol. The second-order valence-electron chi connectivity index (χ2n) is 2.52. The maximum absolute atomic E-state index is 11.5. The van der Waals surface area contributed by atoms with Gasteiger partial charge in [0.15, 0.2) is 5.78 Å². The zero-order valence-corrected chi connectivity index (χ0v) is 10.1. The molecule has 0 spiro atoms. The van der Waals surface area contributed by atoms with E-state index in [1.807, 2.05) is 0 Å².